The number of carbonyl (C=O) groups excluding carboxylic acids is 1. The molecule has 11 N–H and O–H groups in total. The van der Waals surface area contributed by atoms with Crippen LogP contribution in [0.5, 0.6) is 0 Å². The van der Waals surface area contributed by atoms with Crippen LogP contribution in [0.25, 0.3) is 0 Å². The number of rotatable bonds is 12. The van der Waals surface area contributed by atoms with Gasteiger partial charge in [-0.15, -0.1) is 0 Å². The number of hydrogen-bond donors (Lipinski definition) is 11. The van der Waals surface area contributed by atoms with E-state index in [1.165, 1.54) is 0 Å². The van der Waals surface area contributed by atoms with Crippen molar-refractivity contribution in [2.45, 2.75) is 197 Å². The maximum atomic E-state index is 14.7. The number of ketones is 1. The summed E-state index contributed by atoms with van der Waals surface area (Å²) in [5.74, 6) is -1.15. The molecule has 0 aromatic heterocycles. The van der Waals surface area contributed by atoms with Crippen LogP contribution >= 0.6 is 0 Å². The van der Waals surface area contributed by atoms with Gasteiger partial charge in [-0.05, 0) is 99.7 Å². The van der Waals surface area contributed by atoms with Crippen LogP contribution in [0.3, 0.4) is 0 Å². The minimum Gasteiger partial charge on any atom is -0.389 e. The molecule has 18 nitrogen and oxygen atoms in total. The Morgan fingerprint density at radius 1 is 0.703 bits per heavy atom. The van der Waals surface area contributed by atoms with Gasteiger partial charge in [0.1, 0.15) is 66.8 Å². The fourth-order valence-electron chi connectivity index (χ4n) is 13.9. The second kappa shape index (κ2) is 18.2. The molecule has 3 aliphatic heterocycles. The lowest BCUT2D eigenvalue weighted by Crippen LogP contribution is -2.67. The lowest BCUT2D eigenvalue weighted by molar-refractivity contribution is -0.333. The lowest BCUT2D eigenvalue weighted by Gasteiger charge is -2.70. The Balaban J connectivity index is 1.17. The van der Waals surface area contributed by atoms with E-state index in [-0.39, 0.29) is 67.7 Å². The first-order chi connectivity index (χ1) is 29.7. The number of carbonyl (C=O) groups is 1. The number of ether oxygens (including phenoxy) is 6. The number of aliphatic hydroxyl groups excluding tert-OH is 9. The lowest BCUT2D eigenvalue weighted by atomic mass is 9.35. The molecule has 4 saturated carbocycles. The van der Waals surface area contributed by atoms with Crippen molar-refractivity contribution >= 4 is 5.78 Å². The number of Topliss-reactive ketones (excluding diaryl/α,β-unsaturated/α-hetero) is 1. The molecule has 0 amide bonds. The second-order valence-electron chi connectivity index (χ2n) is 22.3. The van der Waals surface area contributed by atoms with Gasteiger partial charge in [0.25, 0.3) is 0 Å². The van der Waals surface area contributed by atoms with Crippen molar-refractivity contribution < 1.29 is 89.4 Å². The second-order valence-corrected chi connectivity index (χ2v) is 22.3. The third kappa shape index (κ3) is 8.82. The van der Waals surface area contributed by atoms with E-state index in [9.17, 15) is 61.0 Å². The molecule has 0 radical (unpaired) electrons. The Morgan fingerprint density at radius 2 is 1.31 bits per heavy atom. The van der Waals surface area contributed by atoms with E-state index in [0.29, 0.717) is 19.3 Å². The summed E-state index contributed by atoms with van der Waals surface area (Å²) in [6.45, 7) is 12.7. The van der Waals surface area contributed by atoms with Crippen LogP contribution in [-0.2, 0) is 33.2 Å². The Morgan fingerprint density at radius 3 is 1.95 bits per heavy atom. The van der Waals surface area contributed by atoms with Crippen LogP contribution < -0.4 is 0 Å². The van der Waals surface area contributed by atoms with Crippen molar-refractivity contribution in [1.29, 1.82) is 0 Å². The van der Waals surface area contributed by atoms with E-state index in [2.05, 4.69) is 27.7 Å². The van der Waals surface area contributed by atoms with Crippen molar-refractivity contribution in [3.8, 4) is 0 Å². The molecule has 18 heteroatoms. The largest absolute Gasteiger partial charge is 0.389 e. The molecule has 7 fully saturated rings. The monoisotopic (exact) mass is 917 g/mol. The highest BCUT2D eigenvalue weighted by Crippen LogP contribution is 2.75. The van der Waals surface area contributed by atoms with Crippen molar-refractivity contribution in [2.24, 2.45) is 45.3 Å². The fraction of sp³-hybridized carbons (Fsp3) is 0.935. The van der Waals surface area contributed by atoms with E-state index < -0.39 is 120 Å². The Hall–Kier alpha value is -1.27. The summed E-state index contributed by atoms with van der Waals surface area (Å²) < 4.78 is 35.8. The van der Waals surface area contributed by atoms with Crippen LogP contribution in [0.4, 0.5) is 0 Å². The SMILES string of the molecule is CC(C)(O)/C=C/CC(C)(O)C1C(=O)CC2(COC3OC(COC4OCC(O)C(O)C4O)C(O)C(O)C3O)C1CCC1C3(C)CCC(OC4OCC(O)C(O)C4O)C(C)(C)C3CCC12C. The van der Waals surface area contributed by atoms with Gasteiger partial charge >= 0.3 is 0 Å². The molecule has 4 aliphatic carbocycles. The topological polar surface area (TPSA) is 295 Å². The zero-order valence-corrected chi connectivity index (χ0v) is 38.3. The molecule has 368 valence electrons. The first kappa shape index (κ1) is 50.6. The van der Waals surface area contributed by atoms with E-state index >= 15 is 0 Å². The van der Waals surface area contributed by atoms with Crippen molar-refractivity contribution in [1.82, 2.24) is 0 Å². The van der Waals surface area contributed by atoms with Crippen LogP contribution in [0, 0.1) is 45.3 Å². The minimum atomic E-state index is -1.75. The van der Waals surface area contributed by atoms with Gasteiger partial charge in [-0.2, -0.15) is 0 Å². The molecule has 0 aromatic rings. The van der Waals surface area contributed by atoms with E-state index in [4.69, 9.17) is 28.4 Å². The normalized spacial score (nSPS) is 50.7. The average molecular weight is 917 g/mol. The highest BCUT2D eigenvalue weighted by Gasteiger charge is 2.73. The minimum absolute atomic E-state index is 0.0421. The van der Waals surface area contributed by atoms with Gasteiger partial charge in [0.2, 0.25) is 0 Å². The molecule has 3 saturated heterocycles. The summed E-state index contributed by atoms with van der Waals surface area (Å²) in [5.41, 5.74) is -4.83. The van der Waals surface area contributed by atoms with Gasteiger partial charge in [-0.25, -0.2) is 0 Å². The molecule has 0 bridgehead atoms. The molecule has 0 spiro atoms. The molecule has 7 aliphatic rings. The highest BCUT2D eigenvalue weighted by molar-refractivity contribution is 5.86. The summed E-state index contributed by atoms with van der Waals surface area (Å²) in [7, 11) is 0. The van der Waals surface area contributed by atoms with Crippen molar-refractivity contribution in [3.05, 3.63) is 12.2 Å². The Bertz CT molecular complexity index is 1670. The third-order valence-electron chi connectivity index (χ3n) is 17.4. The average Bonchev–Trinajstić information content (AvgIpc) is 3.52. The van der Waals surface area contributed by atoms with Gasteiger partial charge in [-0.3, -0.25) is 4.79 Å². The van der Waals surface area contributed by atoms with E-state index in [1.54, 1.807) is 32.9 Å². The summed E-state index contributed by atoms with van der Waals surface area (Å²) in [6.07, 6.45) is -11.8. The molecule has 64 heavy (non-hydrogen) atoms. The highest BCUT2D eigenvalue weighted by atomic mass is 16.7. The molecule has 3 heterocycles. The fourth-order valence-corrected chi connectivity index (χ4v) is 13.9. The van der Waals surface area contributed by atoms with Gasteiger partial charge < -0.3 is 84.6 Å². The molecular formula is C46H76O18. The first-order valence-corrected chi connectivity index (χ1v) is 23.3. The third-order valence-corrected chi connectivity index (χ3v) is 17.4. The number of aliphatic hydroxyl groups is 11. The van der Waals surface area contributed by atoms with Gasteiger partial charge in [0.15, 0.2) is 18.9 Å². The summed E-state index contributed by atoms with van der Waals surface area (Å²) in [6, 6.07) is 0. The predicted octanol–water partition coefficient (Wildman–Crippen LogP) is -0.597. The summed E-state index contributed by atoms with van der Waals surface area (Å²) >= 11 is 0. The molecule has 7 rings (SSSR count). The Labute approximate surface area is 375 Å². The van der Waals surface area contributed by atoms with Gasteiger partial charge in [0, 0.05) is 17.8 Å². The van der Waals surface area contributed by atoms with E-state index in [0.717, 1.165) is 19.3 Å². The maximum absolute atomic E-state index is 14.7. The van der Waals surface area contributed by atoms with Gasteiger partial charge in [0.05, 0.1) is 43.7 Å². The zero-order chi connectivity index (χ0) is 47.1. The quantitative estimate of drug-likeness (QED) is 0.0861. The van der Waals surface area contributed by atoms with Crippen LogP contribution in [-0.4, -0.2) is 186 Å². The van der Waals surface area contributed by atoms with Crippen LogP contribution in [0.1, 0.15) is 99.8 Å². The first-order valence-electron chi connectivity index (χ1n) is 23.3. The van der Waals surface area contributed by atoms with Gasteiger partial charge in [-0.1, -0.05) is 39.8 Å². The number of fused-ring (bicyclic) bond motifs is 5. The zero-order valence-electron chi connectivity index (χ0n) is 38.3. The van der Waals surface area contributed by atoms with E-state index in [1.807, 2.05) is 0 Å². The standard InChI is InChI=1S/C46H76O18/c1-41(2,57)13-8-14-45(7,58)30-22-9-10-28-43(5)15-12-29(64-39-36(55)32(51)25(49)19-60-39)42(3,4)27(43)11-16-44(28,6)46(22,17-23(30)47)21-62-40-37(56)34(53)33(52)26(63-40)20-61-38-35(54)31(50)24(48)18-59-38/h8,13,22,24-40,48-58H,9-12,14-21H2,1-7H3/b13-8+. The summed E-state index contributed by atoms with van der Waals surface area (Å²) in [5, 5.41) is 118. The predicted molar refractivity (Wildman–Crippen MR) is 223 cm³/mol. The van der Waals surface area contributed by atoms with Crippen molar-refractivity contribution in [3.63, 3.8) is 0 Å². The van der Waals surface area contributed by atoms with Crippen LogP contribution in [0.2, 0.25) is 0 Å². The smallest absolute Gasteiger partial charge is 0.186 e. The summed E-state index contributed by atoms with van der Waals surface area (Å²) in [4.78, 5) is 14.7. The molecular weight excluding hydrogens is 840 g/mol. The Kier molecular flexibility index (Phi) is 14.4. The molecule has 0 aromatic carbocycles. The van der Waals surface area contributed by atoms with Crippen molar-refractivity contribution in [2.75, 3.05) is 26.4 Å². The maximum Gasteiger partial charge on any atom is 0.186 e. The molecule has 22 atom stereocenters. The van der Waals surface area contributed by atoms with Crippen LogP contribution in [0.15, 0.2) is 12.2 Å². The number of hydrogen-bond acceptors (Lipinski definition) is 18. The molecule has 22 unspecified atom stereocenters.